The number of hydrogen-bond donors (Lipinski definition) is 2. The van der Waals surface area contributed by atoms with Gasteiger partial charge in [0, 0.05) is 17.0 Å². The van der Waals surface area contributed by atoms with Crippen LogP contribution < -0.4 is 10.9 Å². The van der Waals surface area contributed by atoms with Gasteiger partial charge in [-0.3, -0.25) is 9.36 Å². The van der Waals surface area contributed by atoms with Gasteiger partial charge in [0.05, 0.1) is 22.6 Å². The quantitative estimate of drug-likeness (QED) is 0.499. The molecule has 2 aromatic heterocycles. The number of fused-ring (bicyclic) bond motifs is 3. The van der Waals surface area contributed by atoms with Crippen LogP contribution in [-0.2, 0) is 5.41 Å². The van der Waals surface area contributed by atoms with E-state index in [1.807, 2.05) is 30.5 Å². The van der Waals surface area contributed by atoms with Gasteiger partial charge in [0.1, 0.15) is 11.0 Å². The van der Waals surface area contributed by atoms with Crippen molar-refractivity contribution in [3.05, 3.63) is 62.4 Å². The number of aryl methyl sites for hydroxylation is 1. The summed E-state index contributed by atoms with van der Waals surface area (Å²) in [5.41, 5.74) is 2.75. The van der Waals surface area contributed by atoms with Gasteiger partial charge in [0.15, 0.2) is 5.69 Å². The van der Waals surface area contributed by atoms with E-state index in [9.17, 15) is 14.7 Å². The Morgan fingerprint density at radius 3 is 2.70 bits per heavy atom. The van der Waals surface area contributed by atoms with Crippen molar-refractivity contribution in [1.29, 1.82) is 0 Å². The van der Waals surface area contributed by atoms with Gasteiger partial charge in [-0.1, -0.05) is 30.5 Å². The molecule has 0 unspecified atom stereocenters. The van der Waals surface area contributed by atoms with Crippen molar-refractivity contribution >= 4 is 34.2 Å². The topological polar surface area (TPSA) is 97.1 Å². The number of nitrogens with one attached hydrogen (secondary N) is 1. The minimum Gasteiger partial charge on any atom is -0.476 e. The van der Waals surface area contributed by atoms with Crippen LogP contribution in [0.5, 0.6) is 0 Å². The fourth-order valence-corrected chi connectivity index (χ4v) is 5.99. The highest BCUT2D eigenvalue weighted by Gasteiger charge is 2.46. The van der Waals surface area contributed by atoms with Crippen molar-refractivity contribution in [2.75, 3.05) is 5.32 Å². The van der Waals surface area contributed by atoms with Crippen LogP contribution in [0.2, 0.25) is 5.15 Å². The number of carboxylic acids is 1. The third-order valence-electron chi connectivity index (χ3n) is 7.24. The van der Waals surface area contributed by atoms with Crippen LogP contribution in [0.4, 0.5) is 5.69 Å². The Kier molecular flexibility index (Phi) is 5.20. The van der Waals surface area contributed by atoms with Crippen LogP contribution in [0.15, 0.2) is 29.1 Å². The molecule has 3 heterocycles. The normalized spacial score (nSPS) is 19.7. The number of aromatic nitrogens is 3. The highest BCUT2D eigenvalue weighted by atomic mass is 35.5. The van der Waals surface area contributed by atoms with E-state index >= 15 is 0 Å². The van der Waals surface area contributed by atoms with E-state index < -0.39 is 5.97 Å². The average Bonchev–Trinajstić information content (AvgIpc) is 3.34. The van der Waals surface area contributed by atoms with Crippen LogP contribution in [0.25, 0.3) is 10.9 Å². The maximum Gasteiger partial charge on any atom is 0.356 e. The predicted octanol–water partition coefficient (Wildman–Crippen LogP) is 5.40. The summed E-state index contributed by atoms with van der Waals surface area (Å²) in [6.07, 6.45) is 5.44. The molecule has 1 aliphatic heterocycles. The van der Waals surface area contributed by atoms with Gasteiger partial charge in [0.2, 0.25) is 0 Å². The molecule has 7 nitrogen and oxygen atoms in total. The highest BCUT2D eigenvalue weighted by Crippen LogP contribution is 2.50. The molecule has 0 saturated heterocycles. The fraction of sp³-hybridized carbons (Fsp3) is 0.440. The lowest BCUT2D eigenvalue weighted by atomic mass is 9.82. The number of pyridine rings is 1. The van der Waals surface area contributed by atoms with Crippen molar-refractivity contribution in [2.24, 2.45) is 0 Å². The number of halogens is 1. The summed E-state index contributed by atoms with van der Waals surface area (Å²) in [5.74, 6) is -0.241. The fourth-order valence-electron chi connectivity index (χ4n) is 5.85. The van der Waals surface area contributed by atoms with E-state index in [2.05, 4.69) is 17.2 Å². The lowest BCUT2D eigenvalue weighted by Gasteiger charge is -2.23. The first kappa shape index (κ1) is 21.9. The molecular weight excluding hydrogens is 440 g/mol. The molecule has 1 spiro atoms. The minimum absolute atomic E-state index is 0.0117. The SMILES string of the molecule is Cc1cc([C@@H](C)Nc2ccc(Cl)nc2C(=O)O)c2nc3n(c(=O)c2c1)[C@H](C)CC31CCCC1. The number of benzene rings is 1. The number of aromatic carboxylic acids is 1. The lowest BCUT2D eigenvalue weighted by molar-refractivity contribution is 0.0691. The molecule has 2 atom stereocenters. The van der Waals surface area contributed by atoms with Crippen LogP contribution in [0.1, 0.15) is 85.5 Å². The molecule has 0 bridgehead atoms. The molecule has 1 aliphatic carbocycles. The molecule has 0 amide bonds. The van der Waals surface area contributed by atoms with Crippen LogP contribution in [0.3, 0.4) is 0 Å². The Balaban J connectivity index is 1.66. The van der Waals surface area contributed by atoms with Crippen molar-refractivity contribution in [1.82, 2.24) is 14.5 Å². The highest BCUT2D eigenvalue weighted by molar-refractivity contribution is 6.29. The zero-order chi connectivity index (χ0) is 23.5. The molecular formula is C25H27ClN4O3. The molecule has 8 heteroatoms. The Labute approximate surface area is 196 Å². The third-order valence-corrected chi connectivity index (χ3v) is 7.45. The molecule has 1 aromatic carbocycles. The first-order valence-corrected chi connectivity index (χ1v) is 11.8. The lowest BCUT2D eigenvalue weighted by Crippen LogP contribution is -2.27. The summed E-state index contributed by atoms with van der Waals surface area (Å²) >= 11 is 5.91. The maximum atomic E-state index is 13.6. The van der Waals surface area contributed by atoms with E-state index in [-0.39, 0.29) is 33.9 Å². The zero-order valence-corrected chi connectivity index (χ0v) is 19.7. The van der Waals surface area contributed by atoms with Gasteiger partial charge in [0.25, 0.3) is 5.56 Å². The predicted molar refractivity (Wildman–Crippen MR) is 128 cm³/mol. The summed E-state index contributed by atoms with van der Waals surface area (Å²) in [4.78, 5) is 34.4. The Hall–Kier alpha value is -2.93. The van der Waals surface area contributed by atoms with Gasteiger partial charge in [-0.2, -0.15) is 0 Å². The smallest absolute Gasteiger partial charge is 0.356 e. The number of nitrogens with zero attached hydrogens (tertiary/aromatic N) is 3. The van der Waals surface area contributed by atoms with Crippen molar-refractivity contribution in [3.63, 3.8) is 0 Å². The Morgan fingerprint density at radius 1 is 1.27 bits per heavy atom. The van der Waals surface area contributed by atoms with Crippen molar-refractivity contribution < 1.29 is 9.90 Å². The van der Waals surface area contributed by atoms with Gasteiger partial charge in [-0.25, -0.2) is 14.8 Å². The minimum atomic E-state index is -1.16. The second-order valence-corrected chi connectivity index (χ2v) is 9.99. The second kappa shape index (κ2) is 7.83. The number of rotatable bonds is 4. The summed E-state index contributed by atoms with van der Waals surface area (Å²) in [6.45, 7) is 6.02. The van der Waals surface area contributed by atoms with E-state index in [1.165, 1.54) is 12.8 Å². The first-order valence-electron chi connectivity index (χ1n) is 11.4. The zero-order valence-electron chi connectivity index (χ0n) is 19.0. The molecule has 3 aromatic rings. The number of anilines is 1. The molecule has 33 heavy (non-hydrogen) atoms. The van der Waals surface area contributed by atoms with Gasteiger partial charge < -0.3 is 10.4 Å². The van der Waals surface area contributed by atoms with Crippen LogP contribution in [-0.4, -0.2) is 25.6 Å². The Bertz CT molecular complexity index is 1340. The standard InChI is InChI=1S/C25H27ClN4O3/c1-13-10-16(15(3)27-18-6-7-19(26)28-21(18)23(32)33)20-17(11-13)22(31)30-14(2)12-25(24(30)29-20)8-4-5-9-25/h6-7,10-11,14-15,27H,4-5,8-9,12H2,1-3H3,(H,32,33)/t14-,15-/m1/s1. The largest absolute Gasteiger partial charge is 0.476 e. The summed E-state index contributed by atoms with van der Waals surface area (Å²) in [5, 5.41) is 13.5. The van der Waals surface area contributed by atoms with Crippen molar-refractivity contribution in [2.45, 2.75) is 70.4 Å². The van der Waals surface area contributed by atoms with E-state index in [0.29, 0.717) is 16.6 Å². The summed E-state index contributed by atoms with van der Waals surface area (Å²) in [7, 11) is 0. The molecule has 1 fully saturated rings. The van der Waals surface area contributed by atoms with Crippen LogP contribution in [0, 0.1) is 6.92 Å². The number of carbonyl (C=O) groups is 1. The first-order chi connectivity index (χ1) is 15.7. The number of hydrogen-bond acceptors (Lipinski definition) is 5. The second-order valence-electron chi connectivity index (χ2n) is 9.60. The monoisotopic (exact) mass is 466 g/mol. The number of carboxylic acid groups (broad SMARTS) is 1. The summed E-state index contributed by atoms with van der Waals surface area (Å²) in [6, 6.07) is 6.94. The third kappa shape index (κ3) is 3.50. The average molecular weight is 467 g/mol. The van der Waals surface area contributed by atoms with Gasteiger partial charge >= 0.3 is 5.97 Å². The molecule has 5 rings (SSSR count). The maximum absolute atomic E-state index is 13.6. The molecule has 172 valence electrons. The Morgan fingerprint density at radius 2 is 2.00 bits per heavy atom. The van der Waals surface area contributed by atoms with E-state index in [1.54, 1.807) is 12.1 Å². The van der Waals surface area contributed by atoms with Gasteiger partial charge in [-0.05, 0) is 63.8 Å². The van der Waals surface area contributed by atoms with Gasteiger partial charge in [-0.15, -0.1) is 0 Å². The molecule has 1 saturated carbocycles. The van der Waals surface area contributed by atoms with Crippen LogP contribution >= 0.6 is 11.6 Å². The van der Waals surface area contributed by atoms with E-state index in [0.717, 1.165) is 36.2 Å². The van der Waals surface area contributed by atoms with E-state index in [4.69, 9.17) is 16.6 Å². The summed E-state index contributed by atoms with van der Waals surface area (Å²) < 4.78 is 1.92. The molecule has 0 radical (unpaired) electrons. The molecule has 2 N–H and O–H groups in total. The molecule has 2 aliphatic rings. The van der Waals surface area contributed by atoms with Crippen molar-refractivity contribution in [3.8, 4) is 0 Å².